The first-order valence-electron chi connectivity index (χ1n) is 8.76. The topological polar surface area (TPSA) is 48.7 Å². The molecule has 132 valence electrons. The van der Waals surface area contributed by atoms with Gasteiger partial charge in [-0.05, 0) is 55.4 Å². The van der Waals surface area contributed by atoms with Crippen LogP contribution in [0.1, 0.15) is 18.2 Å². The molecule has 0 saturated carbocycles. The Morgan fingerprint density at radius 2 is 2.04 bits per heavy atom. The van der Waals surface area contributed by atoms with Gasteiger partial charge in [-0.3, -0.25) is 4.79 Å². The molecule has 1 saturated heterocycles. The van der Waals surface area contributed by atoms with Crippen molar-refractivity contribution in [3.63, 3.8) is 0 Å². The van der Waals surface area contributed by atoms with Gasteiger partial charge < -0.3 is 19.5 Å². The van der Waals surface area contributed by atoms with Crippen LogP contribution in [0.3, 0.4) is 0 Å². The fourth-order valence-corrected chi connectivity index (χ4v) is 3.03. The molecule has 0 atom stereocenters. The summed E-state index contributed by atoms with van der Waals surface area (Å²) in [5, 5.41) is 2.92. The van der Waals surface area contributed by atoms with E-state index in [1.807, 2.05) is 19.1 Å². The van der Waals surface area contributed by atoms with Crippen molar-refractivity contribution < 1.29 is 9.21 Å². The number of nitrogens with zero attached hydrogens (tertiary/aromatic N) is 2. The van der Waals surface area contributed by atoms with Crippen LogP contribution in [-0.2, 0) is 4.79 Å². The SMILES string of the molecule is CCN1CCN(c2ccc(NC(=O)/C=C/c3ccco3)c(C)c2)CC1. The summed E-state index contributed by atoms with van der Waals surface area (Å²) in [4.78, 5) is 16.9. The van der Waals surface area contributed by atoms with E-state index in [1.165, 1.54) is 11.8 Å². The zero-order valence-corrected chi connectivity index (χ0v) is 14.9. The number of hydrogen-bond acceptors (Lipinski definition) is 4. The summed E-state index contributed by atoms with van der Waals surface area (Å²) in [5.74, 6) is 0.497. The molecule has 2 heterocycles. The van der Waals surface area contributed by atoms with E-state index in [0.717, 1.165) is 44.0 Å². The molecule has 1 aromatic carbocycles. The second-order valence-electron chi connectivity index (χ2n) is 6.26. The first-order chi connectivity index (χ1) is 12.2. The van der Waals surface area contributed by atoms with Crippen molar-refractivity contribution in [1.29, 1.82) is 0 Å². The van der Waals surface area contributed by atoms with Gasteiger partial charge in [0.05, 0.1) is 6.26 Å². The van der Waals surface area contributed by atoms with E-state index >= 15 is 0 Å². The van der Waals surface area contributed by atoms with Gasteiger partial charge in [-0.15, -0.1) is 0 Å². The first-order valence-corrected chi connectivity index (χ1v) is 8.76. The molecule has 5 heteroatoms. The van der Waals surface area contributed by atoms with Gasteiger partial charge in [0.1, 0.15) is 5.76 Å². The van der Waals surface area contributed by atoms with Crippen molar-refractivity contribution in [3.05, 3.63) is 54.0 Å². The molecule has 1 fully saturated rings. The van der Waals surface area contributed by atoms with Gasteiger partial charge in [-0.25, -0.2) is 0 Å². The molecule has 1 aliphatic rings. The molecule has 1 aliphatic heterocycles. The zero-order valence-electron chi connectivity index (χ0n) is 14.9. The smallest absolute Gasteiger partial charge is 0.248 e. The first kappa shape index (κ1) is 17.3. The van der Waals surface area contributed by atoms with Crippen LogP contribution in [0.4, 0.5) is 11.4 Å². The minimum atomic E-state index is -0.163. The van der Waals surface area contributed by atoms with Crippen LogP contribution < -0.4 is 10.2 Å². The highest BCUT2D eigenvalue weighted by Crippen LogP contribution is 2.23. The quantitative estimate of drug-likeness (QED) is 0.849. The van der Waals surface area contributed by atoms with E-state index in [0.29, 0.717) is 5.76 Å². The normalized spacial score (nSPS) is 15.7. The third-order valence-electron chi connectivity index (χ3n) is 4.59. The van der Waals surface area contributed by atoms with Crippen molar-refractivity contribution in [2.75, 3.05) is 42.9 Å². The van der Waals surface area contributed by atoms with E-state index in [9.17, 15) is 4.79 Å². The van der Waals surface area contributed by atoms with E-state index in [4.69, 9.17) is 4.42 Å². The molecule has 5 nitrogen and oxygen atoms in total. The maximum atomic E-state index is 12.1. The number of hydrogen-bond donors (Lipinski definition) is 1. The van der Waals surface area contributed by atoms with E-state index in [1.54, 1.807) is 18.4 Å². The van der Waals surface area contributed by atoms with E-state index in [2.05, 4.69) is 34.2 Å². The maximum Gasteiger partial charge on any atom is 0.248 e. The van der Waals surface area contributed by atoms with Gasteiger partial charge in [-0.1, -0.05) is 6.92 Å². The lowest BCUT2D eigenvalue weighted by Gasteiger charge is -2.35. The summed E-state index contributed by atoms with van der Waals surface area (Å²) in [5.41, 5.74) is 3.12. The van der Waals surface area contributed by atoms with Crippen LogP contribution in [0, 0.1) is 6.92 Å². The molecular formula is C20H25N3O2. The molecular weight excluding hydrogens is 314 g/mol. The molecule has 2 aromatic rings. The van der Waals surface area contributed by atoms with Crippen LogP contribution in [0.25, 0.3) is 6.08 Å². The zero-order chi connectivity index (χ0) is 17.6. The van der Waals surface area contributed by atoms with Gasteiger partial charge >= 0.3 is 0 Å². The third kappa shape index (κ3) is 4.51. The monoisotopic (exact) mass is 339 g/mol. The predicted octanol–water partition coefficient (Wildman–Crippen LogP) is 3.38. The van der Waals surface area contributed by atoms with Crippen molar-refractivity contribution in [2.45, 2.75) is 13.8 Å². The highest BCUT2D eigenvalue weighted by atomic mass is 16.3. The Balaban J connectivity index is 1.61. The van der Waals surface area contributed by atoms with Crippen LogP contribution >= 0.6 is 0 Å². The molecule has 0 spiro atoms. The minimum absolute atomic E-state index is 0.163. The molecule has 3 rings (SSSR count). The number of rotatable bonds is 5. The number of likely N-dealkylation sites (N-methyl/N-ethyl adjacent to an activating group) is 1. The highest BCUT2D eigenvalue weighted by Gasteiger charge is 2.16. The lowest BCUT2D eigenvalue weighted by molar-refractivity contribution is -0.111. The molecule has 0 radical (unpaired) electrons. The number of aryl methyl sites for hydroxylation is 1. The predicted molar refractivity (Wildman–Crippen MR) is 102 cm³/mol. The Kier molecular flexibility index (Phi) is 5.56. The van der Waals surface area contributed by atoms with Crippen molar-refractivity contribution in [3.8, 4) is 0 Å². The molecule has 0 unspecified atom stereocenters. The summed E-state index contributed by atoms with van der Waals surface area (Å²) in [6, 6.07) is 9.81. The number of furan rings is 1. The van der Waals surface area contributed by atoms with Crippen LogP contribution in [-0.4, -0.2) is 43.5 Å². The van der Waals surface area contributed by atoms with Crippen molar-refractivity contribution in [1.82, 2.24) is 4.90 Å². The van der Waals surface area contributed by atoms with Crippen molar-refractivity contribution >= 4 is 23.4 Å². The fraction of sp³-hybridized carbons (Fsp3) is 0.350. The van der Waals surface area contributed by atoms with Crippen LogP contribution in [0.15, 0.2) is 47.1 Å². The average Bonchev–Trinajstić information content (AvgIpc) is 3.15. The lowest BCUT2D eigenvalue weighted by Crippen LogP contribution is -2.46. The molecule has 0 aliphatic carbocycles. The summed E-state index contributed by atoms with van der Waals surface area (Å²) < 4.78 is 5.18. The number of carbonyl (C=O) groups is 1. The summed E-state index contributed by atoms with van der Waals surface area (Å²) >= 11 is 0. The average molecular weight is 339 g/mol. The van der Waals surface area contributed by atoms with Crippen molar-refractivity contribution in [2.24, 2.45) is 0 Å². The standard InChI is InChI=1S/C20H25N3O2/c1-3-22-10-12-23(13-11-22)17-6-8-19(16(2)15-17)21-20(24)9-7-18-5-4-14-25-18/h4-9,14-15H,3,10-13H2,1-2H3,(H,21,24)/b9-7+. The Bertz CT molecular complexity index is 729. The van der Waals surface area contributed by atoms with Gasteiger partial charge in [-0.2, -0.15) is 0 Å². The molecule has 1 N–H and O–H groups in total. The minimum Gasteiger partial charge on any atom is -0.465 e. The third-order valence-corrected chi connectivity index (χ3v) is 4.59. The Morgan fingerprint density at radius 3 is 2.68 bits per heavy atom. The number of benzene rings is 1. The molecule has 1 aromatic heterocycles. The van der Waals surface area contributed by atoms with E-state index in [-0.39, 0.29) is 5.91 Å². The fourth-order valence-electron chi connectivity index (χ4n) is 3.03. The molecule has 25 heavy (non-hydrogen) atoms. The Hall–Kier alpha value is -2.53. The summed E-state index contributed by atoms with van der Waals surface area (Å²) in [7, 11) is 0. The highest BCUT2D eigenvalue weighted by molar-refractivity contribution is 6.02. The van der Waals surface area contributed by atoms with Gasteiger partial charge in [0, 0.05) is 43.6 Å². The Labute approximate surface area is 148 Å². The van der Waals surface area contributed by atoms with Crippen LogP contribution in [0.2, 0.25) is 0 Å². The van der Waals surface area contributed by atoms with Gasteiger partial charge in [0.2, 0.25) is 5.91 Å². The molecule has 0 bridgehead atoms. The van der Waals surface area contributed by atoms with Gasteiger partial charge in [0.25, 0.3) is 0 Å². The number of piperazine rings is 1. The second-order valence-corrected chi connectivity index (χ2v) is 6.26. The largest absolute Gasteiger partial charge is 0.465 e. The summed E-state index contributed by atoms with van der Waals surface area (Å²) in [6.07, 6.45) is 4.73. The number of carbonyl (C=O) groups excluding carboxylic acids is 1. The maximum absolute atomic E-state index is 12.1. The molecule has 1 amide bonds. The Morgan fingerprint density at radius 1 is 1.24 bits per heavy atom. The second kappa shape index (κ2) is 8.03. The van der Waals surface area contributed by atoms with Gasteiger partial charge in [0.15, 0.2) is 0 Å². The number of nitrogens with one attached hydrogen (secondary N) is 1. The number of anilines is 2. The lowest BCUT2D eigenvalue weighted by atomic mass is 10.1. The van der Waals surface area contributed by atoms with E-state index < -0.39 is 0 Å². The number of amides is 1. The van der Waals surface area contributed by atoms with Crippen LogP contribution in [0.5, 0.6) is 0 Å². The summed E-state index contributed by atoms with van der Waals surface area (Å²) in [6.45, 7) is 9.64.